The van der Waals surface area contributed by atoms with Crippen molar-refractivity contribution < 1.29 is 5.11 Å². The lowest BCUT2D eigenvalue weighted by Crippen LogP contribution is -2.43. The van der Waals surface area contributed by atoms with Crippen molar-refractivity contribution in [3.63, 3.8) is 0 Å². The third-order valence-corrected chi connectivity index (χ3v) is 6.27. The second-order valence-electron chi connectivity index (χ2n) is 9.11. The molecule has 0 aromatic heterocycles. The zero-order valence-corrected chi connectivity index (χ0v) is 14.8. The Morgan fingerprint density at radius 2 is 1.71 bits per heavy atom. The first-order valence-corrected chi connectivity index (χ1v) is 9.18. The Hall–Kier alpha value is -0.0800. The van der Waals surface area contributed by atoms with Crippen molar-refractivity contribution in [3.05, 3.63) is 0 Å². The molecule has 0 amide bonds. The maximum atomic E-state index is 9.98. The van der Waals surface area contributed by atoms with Crippen molar-refractivity contribution in [3.8, 4) is 0 Å². The van der Waals surface area contributed by atoms with Gasteiger partial charge in [0.15, 0.2) is 0 Å². The molecular weight excluding hydrogens is 258 g/mol. The average molecular weight is 296 g/mol. The summed E-state index contributed by atoms with van der Waals surface area (Å²) in [5.74, 6) is 1.72. The highest BCUT2D eigenvalue weighted by molar-refractivity contribution is 4.88. The molecule has 0 radical (unpaired) electrons. The highest BCUT2D eigenvalue weighted by Gasteiger charge is 2.36. The van der Waals surface area contributed by atoms with E-state index in [4.69, 9.17) is 0 Å². The lowest BCUT2D eigenvalue weighted by atomic mass is 9.71. The maximum absolute atomic E-state index is 9.98. The molecule has 124 valence electrons. The van der Waals surface area contributed by atoms with E-state index in [1.807, 2.05) is 0 Å². The number of aliphatic hydroxyl groups excluding tert-OH is 1. The molecular formula is C19H37NO. The van der Waals surface area contributed by atoms with E-state index in [-0.39, 0.29) is 5.41 Å². The van der Waals surface area contributed by atoms with Crippen LogP contribution in [0.15, 0.2) is 0 Å². The minimum absolute atomic E-state index is 0.202. The molecule has 1 saturated heterocycles. The van der Waals surface area contributed by atoms with Gasteiger partial charge in [0.25, 0.3) is 0 Å². The minimum Gasteiger partial charge on any atom is -0.396 e. The normalized spacial score (nSPS) is 36.4. The number of rotatable bonds is 3. The molecule has 2 aliphatic rings. The predicted octanol–water partition coefficient (Wildman–Crippen LogP) is 4.32. The SMILES string of the molecule is CC1CCC(CO)(CN2CCCC(C(C)(C)C)CC2)CC1. The second kappa shape index (κ2) is 7.00. The van der Waals surface area contributed by atoms with Gasteiger partial charge in [0.1, 0.15) is 0 Å². The molecule has 1 N–H and O–H groups in total. The summed E-state index contributed by atoms with van der Waals surface area (Å²) in [5.41, 5.74) is 0.652. The van der Waals surface area contributed by atoms with E-state index >= 15 is 0 Å². The molecule has 1 heterocycles. The van der Waals surface area contributed by atoms with E-state index in [2.05, 4.69) is 32.6 Å². The molecule has 1 aliphatic carbocycles. The summed E-state index contributed by atoms with van der Waals surface area (Å²) in [4.78, 5) is 2.66. The number of nitrogens with zero attached hydrogens (tertiary/aromatic N) is 1. The van der Waals surface area contributed by atoms with Crippen molar-refractivity contribution in [2.45, 2.75) is 72.6 Å². The van der Waals surface area contributed by atoms with Gasteiger partial charge in [-0.05, 0) is 62.4 Å². The van der Waals surface area contributed by atoms with Gasteiger partial charge < -0.3 is 10.0 Å². The third kappa shape index (κ3) is 4.69. The Balaban J connectivity index is 1.90. The van der Waals surface area contributed by atoms with Crippen LogP contribution < -0.4 is 0 Å². The molecule has 2 rings (SSSR count). The summed E-state index contributed by atoms with van der Waals surface area (Å²) in [6.07, 6.45) is 9.11. The number of hydrogen-bond donors (Lipinski definition) is 1. The van der Waals surface area contributed by atoms with Crippen molar-refractivity contribution in [1.29, 1.82) is 0 Å². The molecule has 0 aromatic carbocycles. The highest BCUT2D eigenvalue weighted by atomic mass is 16.3. The molecule has 1 aliphatic heterocycles. The first-order valence-electron chi connectivity index (χ1n) is 9.18. The largest absolute Gasteiger partial charge is 0.396 e. The highest BCUT2D eigenvalue weighted by Crippen LogP contribution is 2.40. The van der Waals surface area contributed by atoms with E-state index in [1.54, 1.807) is 0 Å². The van der Waals surface area contributed by atoms with Gasteiger partial charge in [-0.2, -0.15) is 0 Å². The van der Waals surface area contributed by atoms with Crippen LogP contribution in [0.5, 0.6) is 0 Å². The maximum Gasteiger partial charge on any atom is 0.0499 e. The molecule has 0 aromatic rings. The van der Waals surface area contributed by atoms with Gasteiger partial charge in [-0.1, -0.05) is 40.5 Å². The monoisotopic (exact) mass is 295 g/mol. The predicted molar refractivity (Wildman–Crippen MR) is 90.4 cm³/mol. The standard InChI is InChI=1S/C19H37NO/c1-16-7-10-19(15-21,11-8-16)14-20-12-5-6-17(9-13-20)18(2,3)4/h16-17,21H,5-15H2,1-4H3. The average Bonchev–Trinajstić information content (AvgIpc) is 2.67. The van der Waals surface area contributed by atoms with Crippen LogP contribution in [0, 0.1) is 22.7 Å². The Morgan fingerprint density at radius 1 is 1.05 bits per heavy atom. The topological polar surface area (TPSA) is 23.5 Å². The molecule has 2 nitrogen and oxygen atoms in total. The lowest BCUT2D eigenvalue weighted by Gasteiger charge is -2.41. The summed E-state index contributed by atoms with van der Waals surface area (Å²) >= 11 is 0. The van der Waals surface area contributed by atoms with Crippen molar-refractivity contribution in [2.24, 2.45) is 22.7 Å². The van der Waals surface area contributed by atoms with Crippen LogP contribution in [-0.4, -0.2) is 36.2 Å². The van der Waals surface area contributed by atoms with Crippen molar-refractivity contribution >= 4 is 0 Å². The second-order valence-corrected chi connectivity index (χ2v) is 9.11. The summed E-state index contributed by atoms with van der Waals surface area (Å²) in [7, 11) is 0. The van der Waals surface area contributed by atoms with Gasteiger partial charge in [-0.15, -0.1) is 0 Å². The van der Waals surface area contributed by atoms with Gasteiger partial charge in [0.2, 0.25) is 0 Å². The van der Waals surface area contributed by atoms with Crippen molar-refractivity contribution in [1.82, 2.24) is 4.90 Å². The van der Waals surface area contributed by atoms with Crippen LogP contribution in [0.1, 0.15) is 72.6 Å². The Morgan fingerprint density at radius 3 is 2.29 bits per heavy atom. The van der Waals surface area contributed by atoms with Gasteiger partial charge in [-0.25, -0.2) is 0 Å². The first-order chi connectivity index (χ1) is 9.85. The molecule has 0 bridgehead atoms. The fourth-order valence-electron chi connectivity index (χ4n) is 4.40. The molecule has 21 heavy (non-hydrogen) atoms. The van der Waals surface area contributed by atoms with Gasteiger partial charge in [0.05, 0.1) is 0 Å². The van der Waals surface area contributed by atoms with Crippen LogP contribution in [0.25, 0.3) is 0 Å². The van der Waals surface area contributed by atoms with Crippen LogP contribution in [0.3, 0.4) is 0 Å². The Labute approximate surface area is 132 Å². The summed E-state index contributed by atoms with van der Waals surface area (Å²) in [6.45, 7) is 13.5. The van der Waals surface area contributed by atoms with Gasteiger partial charge in [-0.3, -0.25) is 0 Å². The summed E-state index contributed by atoms with van der Waals surface area (Å²) in [5, 5.41) is 9.98. The molecule has 1 atom stereocenters. The molecule has 0 spiro atoms. The smallest absolute Gasteiger partial charge is 0.0499 e. The summed E-state index contributed by atoms with van der Waals surface area (Å²) in [6, 6.07) is 0. The van der Waals surface area contributed by atoms with Crippen LogP contribution in [-0.2, 0) is 0 Å². The van der Waals surface area contributed by atoms with Crippen LogP contribution >= 0.6 is 0 Å². The van der Waals surface area contributed by atoms with Crippen molar-refractivity contribution in [2.75, 3.05) is 26.2 Å². The van der Waals surface area contributed by atoms with Gasteiger partial charge in [0, 0.05) is 18.6 Å². The first kappa shape index (κ1) is 17.3. The minimum atomic E-state index is 0.202. The fraction of sp³-hybridized carbons (Fsp3) is 1.00. The van der Waals surface area contributed by atoms with E-state index in [0.29, 0.717) is 12.0 Å². The van der Waals surface area contributed by atoms with E-state index < -0.39 is 0 Å². The molecule has 1 unspecified atom stereocenters. The zero-order valence-electron chi connectivity index (χ0n) is 14.8. The van der Waals surface area contributed by atoms with E-state index in [1.165, 1.54) is 58.0 Å². The molecule has 1 saturated carbocycles. The number of hydrogen-bond acceptors (Lipinski definition) is 2. The fourth-order valence-corrected chi connectivity index (χ4v) is 4.40. The van der Waals surface area contributed by atoms with E-state index in [9.17, 15) is 5.11 Å². The summed E-state index contributed by atoms with van der Waals surface area (Å²) < 4.78 is 0. The van der Waals surface area contributed by atoms with Crippen LogP contribution in [0.4, 0.5) is 0 Å². The molecule has 2 fully saturated rings. The number of aliphatic hydroxyl groups is 1. The number of likely N-dealkylation sites (tertiary alicyclic amines) is 1. The van der Waals surface area contributed by atoms with E-state index in [0.717, 1.165) is 18.4 Å². The van der Waals surface area contributed by atoms with Crippen LogP contribution in [0.2, 0.25) is 0 Å². The third-order valence-electron chi connectivity index (χ3n) is 6.27. The Bertz CT molecular complexity index is 312. The Kier molecular flexibility index (Phi) is 5.76. The van der Waals surface area contributed by atoms with Gasteiger partial charge >= 0.3 is 0 Å². The molecule has 2 heteroatoms. The quantitative estimate of drug-likeness (QED) is 0.838. The zero-order chi connectivity index (χ0) is 15.5. The lowest BCUT2D eigenvalue weighted by molar-refractivity contribution is 0.0295.